The van der Waals surface area contributed by atoms with Gasteiger partial charge in [-0.25, -0.2) is 0 Å². The number of amides is 1. The zero-order valence-electron chi connectivity index (χ0n) is 10.2. The van der Waals surface area contributed by atoms with E-state index in [0.717, 1.165) is 0 Å². The van der Waals surface area contributed by atoms with E-state index >= 15 is 0 Å². The molecular weight excluding hydrogens is 254 g/mol. The smallest absolute Gasteiger partial charge is 0.321 e. The molecule has 0 spiro atoms. The van der Waals surface area contributed by atoms with Gasteiger partial charge in [-0.1, -0.05) is 18.2 Å². The highest BCUT2D eigenvalue weighted by Crippen LogP contribution is 2.19. The summed E-state index contributed by atoms with van der Waals surface area (Å²) in [5.74, 6) is -1.77. The Morgan fingerprint density at radius 3 is 2.39 bits per heavy atom. The average Bonchev–Trinajstić information content (AvgIpc) is 2.29. The standard InChI is InChI=1S/C12H15NO4S/c1-12(2,11(15)16)18(17)7-8-5-3-4-6-9(8)10(13)14/h3-6H,7H2,1-2H3,(H2,13,14)(H,15,16). The Balaban J connectivity index is 3.03. The van der Waals surface area contributed by atoms with Crippen LogP contribution in [0.2, 0.25) is 0 Å². The van der Waals surface area contributed by atoms with Gasteiger partial charge < -0.3 is 10.8 Å². The van der Waals surface area contributed by atoms with Crippen LogP contribution in [-0.4, -0.2) is 25.9 Å². The van der Waals surface area contributed by atoms with Crippen molar-refractivity contribution in [2.24, 2.45) is 5.73 Å². The second kappa shape index (κ2) is 5.30. The molecule has 0 fully saturated rings. The number of carbonyl (C=O) groups excluding carboxylic acids is 1. The quantitative estimate of drug-likeness (QED) is 0.829. The molecule has 1 atom stereocenters. The summed E-state index contributed by atoms with van der Waals surface area (Å²) in [4.78, 5) is 22.2. The molecule has 0 saturated carbocycles. The maximum absolute atomic E-state index is 12.0. The first kappa shape index (κ1) is 14.4. The highest BCUT2D eigenvalue weighted by molar-refractivity contribution is 7.86. The van der Waals surface area contributed by atoms with Gasteiger partial charge in [0, 0.05) is 16.4 Å². The average molecular weight is 269 g/mol. The van der Waals surface area contributed by atoms with Gasteiger partial charge in [0.2, 0.25) is 5.91 Å². The third-order valence-corrected chi connectivity index (χ3v) is 4.54. The van der Waals surface area contributed by atoms with E-state index in [-0.39, 0.29) is 11.3 Å². The van der Waals surface area contributed by atoms with Crippen LogP contribution in [0.25, 0.3) is 0 Å². The van der Waals surface area contributed by atoms with E-state index in [9.17, 15) is 13.8 Å². The molecule has 18 heavy (non-hydrogen) atoms. The Labute approximate surface area is 107 Å². The molecular formula is C12H15NO4S. The van der Waals surface area contributed by atoms with Crippen LogP contribution >= 0.6 is 0 Å². The van der Waals surface area contributed by atoms with Crippen molar-refractivity contribution in [1.29, 1.82) is 0 Å². The lowest BCUT2D eigenvalue weighted by atomic mass is 10.1. The second-order valence-corrected chi connectivity index (χ2v) is 6.33. The number of aliphatic carboxylic acids is 1. The topological polar surface area (TPSA) is 97.5 Å². The maximum Gasteiger partial charge on any atom is 0.321 e. The molecule has 1 rings (SSSR count). The summed E-state index contributed by atoms with van der Waals surface area (Å²) in [6, 6.07) is 6.49. The molecule has 0 aliphatic rings. The Morgan fingerprint density at radius 2 is 1.89 bits per heavy atom. The van der Waals surface area contributed by atoms with E-state index in [4.69, 9.17) is 10.8 Å². The van der Waals surface area contributed by atoms with Crippen molar-refractivity contribution in [3.8, 4) is 0 Å². The zero-order valence-corrected chi connectivity index (χ0v) is 11.0. The summed E-state index contributed by atoms with van der Waals surface area (Å²) in [6.45, 7) is 2.77. The molecule has 1 amide bonds. The molecule has 0 aliphatic heterocycles. The number of carbonyl (C=O) groups is 2. The third-order valence-electron chi connectivity index (χ3n) is 2.65. The fraction of sp³-hybridized carbons (Fsp3) is 0.333. The normalized spacial score (nSPS) is 13.0. The van der Waals surface area contributed by atoms with E-state index in [1.165, 1.54) is 19.9 Å². The molecule has 6 heteroatoms. The molecule has 1 aromatic carbocycles. The van der Waals surface area contributed by atoms with Crippen LogP contribution in [0.15, 0.2) is 24.3 Å². The monoisotopic (exact) mass is 269 g/mol. The number of carboxylic acid groups (broad SMARTS) is 1. The molecule has 0 heterocycles. The van der Waals surface area contributed by atoms with Gasteiger partial charge in [0.15, 0.2) is 0 Å². The van der Waals surface area contributed by atoms with E-state index < -0.39 is 27.4 Å². The number of nitrogens with two attached hydrogens (primary N) is 1. The molecule has 0 bridgehead atoms. The summed E-state index contributed by atoms with van der Waals surface area (Å²) in [5.41, 5.74) is 5.97. The minimum atomic E-state index is -1.65. The van der Waals surface area contributed by atoms with Crippen molar-refractivity contribution in [1.82, 2.24) is 0 Å². The Morgan fingerprint density at radius 1 is 1.33 bits per heavy atom. The predicted molar refractivity (Wildman–Crippen MR) is 68.5 cm³/mol. The van der Waals surface area contributed by atoms with Crippen molar-refractivity contribution in [2.75, 3.05) is 0 Å². The molecule has 1 aromatic rings. The molecule has 1 unspecified atom stereocenters. The minimum absolute atomic E-state index is 0.0155. The fourth-order valence-corrected chi connectivity index (χ4v) is 2.40. The van der Waals surface area contributed by atoms with Crippen LogP contribution in [-0.2, 0) is 21.3 Å². The van der Waals surface area contributed by atoms with Crippen LogP contribution in [0.4, 0.5) is 0 Å². The van der Waals surface area contributed by atoms with Crippen LogP contribution in [0, 0.1) is 0 Å². The lowest BCUT2D eigenvalue weighted by Crippen LogP contribution is -2.37. The van der Waals surface area contributed by atoms with Crippen molar-refractivity contribution < 1.29 is 18.9 Å². The van der Waals surface area contributed by atoms with Gasteiger partial charge in [0.1, 0.15) is 4.75 Å². The number of hydrogen-bond donors (Lipinski definition) is 2. The summed E-state index contributed by atoms with van der Waals surface area (Å²) in [5, 5.41) is 8.98. The lowest BCUT2D eigenvalue weighted by Gasteiger charge is -2.19. The number of rotatable bonds is 5. The molecule has 5 nitrogen and oxygen atoms in total. The Bertz CT molecular complexity index is 511. The van der Waals surface area contributed by atoms with E-state index in [0.29, 0.717) is 5.56 Å². The number of benzene rings is 1. The maximum atomic E-state index is 12.0. The van der Waals surface area contributed by atoms with Gasteiger partial charge >= 0.3 is 5.97 Å². The summed E-state index contributed by atoms with van der Waals surface area (Å²) in [7, 11) is -1.65. The van der Waals surface area contributed by atoms with Gasteiger partial charge in [-0.2, -0.15) is 0 Å². The van der Waals surface area contributed by atoms with Gasteiger partial charge in [0.25, 0.3) is 0 Å². The summed E-state index contributed by atoms with van der Waals surface area (Å²) < 4.78 is 10.7. The highest BCUT2D eigenvalue weighted by atomic mass is 32.2. The summed E-state index contributed by atoms with van der Waals surface area (Å²) >= 11 is 0. The largest absolute Gasteiger partial charge is 0.480 e. The van der Waals surface area contributed by atoms with E-state index in [1.54, 1.807) is 18.2 Å². The zero-order chi connectivity index (χ0) is 13.9. The molecule has 0 aromatic heterocycles. The molecule has 98 valence electrons. The van der Waals surface area contributed by atoms with Gasteiger partial charge in [-0.05, 0) is 25.5 Å². The SMILES string of the molecule is CC(C)(C(=O)O)S(=O)Cc1ccccc1C(N)=O. The number of carboxylic acids is 1. The highest BCUT2D eigenvalue weighted by Gasteiger charge is 2.34. The molecule has 3 N–H and O–H groups in total. The Hall–Kier alpha value is -1.69. The predicted octanol–water partition coefficient (Wildman–Crippen LogP) is 0.897. The second-order valence-electron chi connectivity index (χ2n) is 4.33. The van der Waals surface area contributed by atoms with Crippen molar-refractivity contribution in [3.05, 3.63) is 35.4 Å². The van der Waals surface area contributed by atoms with Gasteiger partial charge in [-0.3, -0.25) is 13.8 Å². The molecule has 0 aliphatic carbocycles. The van der Waals surface area contributed by atoms with E-state index in [1.807, 2.05) is 0 Å². The minimum Gasteiger partial charge on any atom is -0.480 e. The van der Waals surface area contributed by atoms with Gasteiger partial charge in [-0.15, -0.1) is 0 Å². The van der Waals surface area contributed by atoms with Crippen LogP contribution < -0.4 is 5.73 Å². The number of primary amides is 1. The third kappa shape index (κ3) is 2.95. The van der Waals surface area contributed by atoms with Crippen molar-refractivity contribution in [2.45, 2.75) is 24.3 Å². The van der Waals surface area contributed by atoms with Crippen molar-refractivity contribution in [3.63, 3.8) is 0 Å². The Kier molecular flexibility index (Phi) is 4.24. The van der Waals surface area contributed by atoms with Crippen LogP contribution in [0.3, 0.4) is 0 Å². The first-order valence-corrected chi connectivity index (χ1v) is 6.58. The molecule has 0 radical (unpaired) electrons. The van der Waals surface area contributed by atoms with E-state index in [2.05, 4.69) is 0 Å². The van der Waals surface area contributed by atoms with Crippen LogP contribution in [0.5, 0.6) is 0 Å². The van der Waals surface area contributed by atoms with Gasteiger partial charge in [0.05, 0.1) is 5.75 Å². The first-order chi connectivity index (χ1) is 8.26. The first-order valence-electron chi connectivity index (χ1n) is 5.26. The summed E-state index contributed by atoms with van der Waals surface area (Å²) in [6.07, 6.45) is 0. The number of hydrogen-bond acceptors (Lipinski definition) is 3. The van der Waals surface area contributed by atoms with Crippen LogP contribution in [0.1, 0.15) is 29.8 Å². The fourth-order valence-electron chi connectivity index (χ4n) is 1.31. The lowest BCUT2D eigenvalue weighted by molar-refractivity contribution is -0.139. The van der Waals surface area contributed by atoms with Crippen molar-refractivity contribution >= 4 is 22.7 Å². The molecule has 0 saturated heterocycles.